The average molecular weight is 610 g/mol. The minimum Gasteiger partial charge on any atom is -0.494 e. The molecule has 0 saturated heterocycles. The van der Waals surface area contributed by atoms with E-state index in [2.05, 4.69) is 26.0 Å². The van der Waals surface area contributed by atoms with Gasteiger partial charge in [0.25, 0.3) is 0 Å². The van der Waals surface area contributed by atoms with Crippen LogP contribution in [0.2, 0.25) is 5.02 Å². The summed E-state index contributed by atoms with van der Waals surface area (Å²) in [5, 5.41) is 14.6. The van der Waals surface area contributed by atoms with E-state index >= 15 is 0 Å². The van der Waals surface area contributed by atoms with Gasteiger partial charge in [-0.1, -0.05) is 80.0 Å². The van der Waals surface area contributed by atoms with Crippen LogP contribution in [-0.4, -0.2) is 32.0 Å². The Kier molecular flexibility index (Phi) is 9.65. The van der Waals surface area contributed by atoms with E-state index in [1.54, 1.807) is 10.6 Å². The van der Waals surface area contributed by atoms with Gasteiger partial charge < -0.3 is 9.84 Å². The standard InChI is InChI=1S/C36H36ClN3O4/c1-4-44-33-21-18-28(22-29(33)23-35(41)42)27-14-12-25(13-15-27)8-7-11-34-38-40(30-19-16-26(17-20-30)24(2)3)36(43)39(34)32-10-6-5-9-31(32)37/h5-6,9-10,12-22,24H,4,7-8,11,23H2,1-3H3,(H,41,42). The van der Waals surface area contributed by atoms with Crippen LogP contribution in [0.3, 0.4) is 0 Å². The van der Waals surface area contributed by atoms with Gasteiger partial charge in [-0.25, -0.2) is 9.36 Å². The van der Waals surface area contributed by atoms with Crippen molar-refractivity contribution in [2.75, 3.05) is 6.61 Å². The lowest BCUT2D eigenvalue weighted by molar-refractivity contribution is -0.136. The van der Waals surface area contributed by atoms with E-state index in [1.165, 1.54) is 10.2 Å². The molecule has 7 nitrogen and oxygen atoms in total. The maximum Gasteiger partial charge on any atom is 0.355 e. The van der Waals surface area contributed by atoms with Gasteiger partial charge in [-0.05, 0) is 84.3 Å². The van der Waals surface area contributed by atoms with Crippen LogP contribution in [0.5, 0.6) is 5.75 Å². The van der Waals surface area contributed by atoms with Crippen LogP contribution < -0.4 is 10.4 Å². The first-order valence-corrected chi connectivity index (χ1v) is 15.3. The molecule has 0 aliphatic carbocycles. The van der Waals surface area contributed by atoms with Gasteiger partial charge in [-0.15, -0.1) is 5.10 Å². The molecule has 0 fully saturated rings. The Morgan fingerprint density at radius 2 is 1.64 bits per heavy atom. The number of carboxylic acid groups (broad SMARTS) is 1. The molecule has 0 spiro atoms. The van der Waals surface area contributed by atoms with Gasteiger partial charge in [0.1, 0.15) is 11.6 Å². The van der Waals surface area contributed by atoms with Crippen molar-refractivity contribution in [3.63, 3.8) is 0 Å². The molecule has 0 aliphatic rings. The molecule has 8 heteroatoms. The van der Waals surface area contributed by atoms with Crippen molar-refractivity contribution >= 4 is 17.6 Å². The number of aryl methyl sites for hydroxylation is 2. The fourth-order valence-corrected chi connectivity index (χ4v) is 5.50. The predicted octanol–water partition coefficient (Wildman–Crippen LogP) is 7.67. The number of hydrogen-bond acceptors (Lipinski definition) is 4. The molecule has 0 atom stereocenters. The van der Waals surface area contributed by atoms with Crippen LogP contribution in [0.1, 0.15) is 55.6 Å². The molecule has 5 aromatic rings. The first-order valence-electron chi connectivity index (χ1n) is 14.9. The normalized spacial score (nSPS) is 11.2. The maximum absolute atomic E-state index is 13.7. The fraction of sp³-hybridized carbons (Fsp3) is 0.250. The Morgan fingerprint density at radius 3 is 2.30 bits per heavy atom. The minimum atomic E-state index is -0.896. The molecular weight excluding hydrogens is 574 g/mol. The second-order valence-electron chi connectivity index (χ2n) is 11.0. The van der Waals surface area contributed by atoms with E-state index in [0.29, 0.717) is 52.5 Å². The smallest absolute Gasteiger partial charge is 0.355 e. The molecule has 0 unspecified atom stereocenters. The summed E-state index contributed by atoms with van der Waals surface area (Å²) >= 11 is 6.53. The highest BCUT2D eigenvalue weighted by Crippen LogP contribution is 2.28. The number of halogens is 1. The summed E-state index contributed by atoms with van der Waals surface area (Å²) in [4.78, 5) is 25.1. The first-order chi connectivity index (χ1) is 21.2. The second-order valence-corrected chi connectivity index (χ2v) is 11.4. The number of hydrogen-bond donors (Lipinski definition) is 1. The topological polar surface area (TPSA) is 86.4 Å². The van der Waals surface area contributed by atoms with Crippen LogP contribution in [0.4, 0.5) is 0 Å². The molecule has 0 aliphatic heterocycles. The minimum absolute atomic E-state index is 0.0977. The third-order valence-electron chi connectivity index (χ3n) is 7.60. The predicted molar refractivity (Wildman–Crippen MR) is 175 cm³/mol. The number of aliphatic carboxylic acids is 1. The third-order valence-corrected chi connectivity index (χ3v) is 7.92. The Labute approximate surface area is 262 Å². The van der Waals surface area contributed by atoms with Crippen molar-refractivity contribution in [2.45, 2.75) is 52.4 Å². The highest BCUT2D eigenvalue weighted by Gasteiger charge is 2.18. The average Bonchev–Trinajstić information content (AvgIpc) is 3.34. The van der Waals surface area contributed by atoms with Crippen molar-refractivity contribution in [1.82, 2.24) is 14.3 Å². The van der Waals surface area contributed by atoms with Gasteiger partial charge in [0.05, 0.1) is 29.4 Å². The lowest BCUT2D eigenvalue weighted by atomic mass is 9.98. The number of nitrogens with zero attached hydrogens (tertiary/aromatic N) is 3. The van der Waals surface area contributed by atoms with Crippen molar-refractivity contribution < 1.29 is 14.6 Å². The molecule has 0 saturated carbocycles. The Hall–Kier alpha value is -4.62. The van der Waals surface area contributed by atoms with Gasteiger partial charge in [-0.3, -0.25) is 4.79 Å². The molecule has 0 bridgehead atoms. The number of para-hydroxylation sites is 1. The van der Waals surface area contributed by atoms with Crippen LogP contribution in [0, 0.1) is 0 Å². The Morgan fingerprint density at radius 1 is 0.932 bits per heavy atom. The lowest BCUT2D eigenvalue weighted by Gasteiger charge is -2.12. The molecule has 0 radical (unpaired) electrons. The molecule has 226 valence electrons. The van der Waals surface area contributed by atoms with Crippen molar-refractivity contribution in [2.24, 2.45) is 0 Å². The van der Waals surface area contributed by atoms with Gasteiger partial charge in [0.15, 0.2) is 0 Å². The number of benzene rings is 4. The largest absolute Gasteiger partial charge is 0.494 e. The first kappa shape index (κ1) is 30.8. The van der Waals surface area contributed by atoms with E-state index in [4.69, 9.17) is 21.4 Å². The molecule has 1 aromatic heterocycles. The van der Waals surface area contributed by atoms with E-state index in [0.717, 1.165) is 29.5 Å². The molecule has 0 amide bonds. The zero-order chi connectivity index (χ0) is 31.2. The van der Waals surface area contributed by atoms with Crippen LogP contribution in [-0.2, 0) is 24.1 Å². The van der Waals surface area contributed by atoms with Gasteiger partial charge in [0, 0.05) is 12.0 Å². The maximum atomic E-state index is 13.7. The molecule has 1 N–H and O–H groups in total. The summed E-state index contributed by atoms with van der Waals surface area (Å²) in [5.41, 5.74) is 6.00. The monoisotopic (exact) mass is 609 g/mol. The van der Waals surface area contributed by atoms with Gasteiger partial charge in [-0.2, -0.15) is 4.68 Å². The fourth-order valence-electron chi connectivity index (χ4n) is 5.28. The number of carbonyl (C=O) groups is 1. The van der Waals surface area contributed by atoms with E-state index in [1.807, 2.05) is 79.7 Å². The quantitative estimate of drug-likeness (QED) is 0.157. The molecular formula is C36H36ClN3O4. The van der Waals surface area contributed by atoms with E-state index < -0.39 is 5.97 Å². The van der Waals surface area contributed by atoms with Crippen molar-refractivity contribution in [1.29, 1.82) is 0 Å². The van der Waals surface area contributed by atoms with Crippen molar-refractivity contribution in [3.05, 3.63) is 129 Å². The van der Waals surface area contributed by atoms with Crippen LogP contribution in [0.25, 0.3) is 22.5 Å². The molecule has 5 rings (SSSR count). The van der Waals surface area contributed by atoms with Crippen LogP contribution in [0.15, 0.2) is 95.8 Å². The number of ether oxygens (including phenoxy) is 1. The zero-order valence-corrected chi connectivity index (χ0v) is 25.9. The number of rotatable bonds is 12. The molecule has 1 heterocycles. The second kappa shape index (κ2) is 13.8. The Balaban J connectivity index is 1.35. The summed E-state index contributed by atoms with van der Waals surface area (Å²) < 4.78 is 8.69. The summed E-state index contributed by atoms with van der Waals surface area (Å²) in [5.74, 6) is 0.738. The van der Waals surface area contributed by atoms with Gasteiger partial charge in [0.2, 0.25) is 0 Å². The van der Waals surface area contributed by atoms with Crippen LogP contribution >= 0.6 is 11.6 Å². The SMILES string of the molecule is CCOc1ccc(-c2ccc(CCCc3nn(-c4ccc(C(C)C)cc4)c(=O)n3-c3ccccc3Cl)cc2)cc1CC(=O)O. The summed E-state index contributed by atoms with van der Waals surface area (Å²) in [6.45, 7) is 6.62. The molecule has 44 heavy (non-hydrogen) atoms. The van der Waals surface area contributed by atoms with Crippen molar-refractivity contribution in [3.8, 4) is 28.3 Å². The third kappa shape index (κ3) is 6.95. The lowest BCUT2D eigenvalue weighted by Crippen LogP contribution is -2.23. The summed E-state index contributed by atoms with van der Waals surface area (Å²) in [6.07, 6.45) is 2.05. The zero-order valence-electron chi connectivity index (χ0n) is 25.2. The van der Waals surface area contributed by atoms with Gasteiger partial charge >= 0.3 is 11.7 Å². The highest BCUT2D eigenvalue weighted by atomic mass is 35.5. The summed E-state index contributed by atoms with van der Waals surface area (Å²) in [6, 6.07) is 29.2. The number of aromatic nitrogens is 3. The molecule has 4 aromatic carbocycles. The highest BCUT2D eigenvalue weighted by molar-refractivity contribution is 6.32. The summed E-state index contributed by atoms with van der Waals surface area (Å²) in [7, 11) is 0. The van der Waals surface area contributed by atoms with E-state index in [9.17, 15) is 14.7 Å². The Bertz CT molecular complexity index is 1810. The number of carboxylic acids is 1. The van der Waals surface area contributed by atoms with E-state index in [-0.39, 0.29) is 12.1 Å².